The molecule has 1 saturated carbocycles. The van der Waals surface area contributed by atoms with Crippen LogP contribution in [0.25, 0.3) is 11.3 Å². The summed E-state index contributed by atoms with van der Waals surface area (Å²) < 4.78 is 0. The number of hydrogen-bond acceptors (Lipinski definition) is 3. The first-order valence-electron chi connectivity index (χ1n) is 7.36. The van der Waals surface area contributed by atoms with Crippen molar-refractivity contribution in [2.45, 2.75) is 31.8 Å². The predicted octanol–water partition coefficient (Wildman–Crippen LogP) is 1.82. The Balaban J connectivity index is 1.57. The third-order valence-electron chi connectivity index (χ3n) is 4.14. The lowest BCUT2D eigenvalue weighted by Crippen LogP contribution is -2.38. The molecule has 0 bridgehead atoms. The molecule has 0 aliphatic heterocycles. The molecular weight excluding hydrogens is 264 g/mol. The van der Waals surface area contributed by atoms with Crippen molar-refractivity contribution in [1.29, 1.82) is 0 Å². The summed E-state index contributed by atoms with van der Waals surface area (Å²) in [5.74, 6) is 0.0620. The highest BCUT2D eigenvalue weighted by molar-refractivity contribution is 5.79. The highest BCUT2D eigenvalue weighted by Crippen LogP contribution is 2.24. The molecule has 1 aliphatic carbocycles. The number of H-pyrrole nitrogens is 1. The zero-order valence-electron chi connectivity index (χ0n) is 11.9. The van der Waals surface area contributed by atoms with Gasteiger partial charge in [0.15, 0.2) is 0 Å². The molecule has 2 aromatic rings. The van der Waals surface area contributed by atoms with Crippen molar-refractivity contribution in [3.63, 3.8) is 0 Å². The van der Waals surface area contributed by atoms with Gasteiger partial charge < -0.3 is 11.1 Å². The van der Waals surface area contributed by atoms with Crippen LogP contribution >= 0.6 is 0 Å². The van der Waals surface area contributed by atoms with E-state index in [-0.39, 0.29) is 17.9 Å². The molecule has 0 saturated heterocycles. The summed E-state index contributed by atoms with van der Waals surface area (Å²) in [6, 6.07) is 10.0. The summed E-state index contributed by atoms with van der Waals surface area (Å²) in [6.45, 7) is 0.547. The van der Waals surface area contributed by atoms with E-state index in [1.165, 1.54) is 0 Å². The fraction of sp³-hybridized carbons (Fsp3) is 0.375. The minimum atomic E-state index is -0.0192. The van der Waals surface area contributed by atoms with Crippen LogP contribution in [0, 0.1) is 5.92 Å². The monoisotopic (exact) mass is 284 g/mol. The second kappa shape index (κ2) is 6.10. The molecule has 5 nitrogen and oxygen atoms in total. The van der Waals surface area contributed by atoms with Gasteiger partial charge in [-0.15, -0.1) is 0 Å². The summed E-state index contributed by atoms with van der Waals surface area (Å²) in [6.07, 6.45) is 4.65. The van der Waals surface area contributed by atoms with Crippen LogP contribution in [-0.2, 0) is 11.3 Å². The highest BCUT2D eigenvalue weighted by atomic mass is 16.1. The van der Waals surface area contributed by atoms with Crippen LogP contribution in [0.5, 0.6) is 0 Å². The fourth-order valence-corrected chi connectivity index (χ4v) is 2.85. The average molecular weight is 284 g/mol. The van der Waals surface area contributed by atoms with Crippen LogP contribution in [0.4, 0.5) is 0 Å². The highest BCUT2D eigenvalue weighted by Gasteiger charge is 2.29. The van der Waals surface area contributed by atoms with Crippen molar-refractivity contribution >= 4 is 5.91 Å². The number of carbonyl (C=O) groups is 1. The SMILES string of the molecule is NC1CCCC1C(=O)NCc1ccc(-c2ccn[nH]2)cc1. The maximum Gasteiger partial charge on any atom is 0.224 e. The van der Waals surface area contributed by atoms with E-state index in [9.17, 15) is 4.79 Å². The topological polar surface area (TPSA) is 83.8 Å². The summed E-state index contributed by atoms with van der Waals surface area (Å²) in [5, 5.41) is 9.86. The van der Waals surface area contributed by atoms with Crippen LogP contribution in [0.1, 0.15) is 24.8 Å². The van der Waals surface area contributed by atoms with Crippen LogP contribution in [0.2, 0.25) is 0 Å². The van der Waals surface area contributed by atoms with Gasteiger partial charge in [-0.2, -0.15) is 5.10 Å². The standard InChI is InChI=1S/C16H20N4O/c17-14-3-1-2-13(14)16(21)18-10-11-4-6-12(7-5-11)15-8-9-19-20-15/h4-9,13-14H,1-3,10,17H2,(H,18,21)(H,19,20). The summed E-state index contributed by atoms with van der Waals surface area (Å²) >= 11 is 0. The number of aromatic amines is 1. The van der Waals surface area contributed by atoms with E-state index < -0.39 is 0 Å². The summed E-state index contributed by atoms with van der Waals surface area (Å²) in [7, 11) is 0. The van der Waals surface area contributed by atoms with Crippen LogP contribution in [-0.4, -0.2) is 22.1 Å². The molecule has 1 fully saturated rings. The van der Waals surface area contributed by atoms with Crippen molar-refractivity contribution in [1.82, 2.24) is 15.5 Å². The van der Waals surface area contributed by atoms with E-state index in [4.69, 9.17) is 5.73 Å². The zero-order valence-corrected chi connectivity index (χ0v) is 11.9. The maximum absolute atomic E-state index is 12.1. The van der Waals surface area contributed by atoms with Gasteiger partial charge in [0, 0.05) is 18.8 Å². The number of carbonyl (C=O) groups excluding carboxylic acids is 1. The number of amides is 1. The largest absolute Gasteiger partial charge is 0.352 e. The van der Waals surface area contributed by atoms with E-state index in [0.29, 0.717) is 6.54 Å². The molecular formula is C16H20N4O. The Bertz CT molecular complexity index is 591. The first-order valence-corrected chi connectivity index (χ1v) is 7.36. The van der Waals surface area contributed by atoms with Crippen LogP contribution in [0.3, 0.4) is 0 Å². The Morgan fingerprint density at radius 2 is 2.10 bits per heavy atom. The molecule has 3 rings (SSSR count). The van der Waals surface area contributed by atoms with Crippen LogP contribution < -0.4 is 11.1 Å². The van der Waals surface area contributed by atoms with E-state index in [2.05, 4.69) is 15.5 Å². The molecule has 1 aromatic carbocycles. The third kappa shape index (κ3) is 3.13. The maximum atomic E-state index is 12.1. The van der Waals surface area contributed by atoms with Crippen molar-refractivity contribution in [2.24, 2.45) is 11.7 Å². The van der Waals surface area contributed by atoms with Gasteiger partial charge in [0.25, 0.3) is 0 Å². The van der Waals surface area contributed by atoms with Gasteiger partial charge in [-0.1, -0.05) is 30.7 Å². The first kappa shape index (κ1) is 13.8. The zero-order chi connectivity index (χ0) is 14.7. The number of aromatic nitrogens is 2. The molecule has 1 aromatic heterocycles. The molecule has 4 N–H and O–H groups in total. The van der Waals surface area contributed by atoms with Gasteiger partial charge in [-0.05, 0) is 30.0 Å². The second-order valence-electron chi connectivity index (χ2n) is 5.59. The van der Waals surface area contributed by atoms with E-state index in [1.807, 2.05) is 30.3 Å². The minimum Gasteiger partial charge on any atom is -0.352 e. The number of rotatable bonds is 4. The van der Waals surface area contributed by atoms with Gasteiger partial charge in [-0.3, -0.25) is 9.89 Å². The number of nitrogens with zero attached hydrogens (tertiary/aromatic N) is 1. The Morgan fingerprint density at radius 1 is 1.29 bits per heavy atom. The lowest BCUT2D eigenvalue weighted by atomic mass is 10.0. The molecule has 1 heterocycles. The molecule has 2 atom stereocenters. The van der Waals surface area contributed by atoms with E-state index in [0.717, 1.165) is 36.1 Å². The van der Waals surface area contributed by atoms with Gasteiger partial charge in [0.1, 0.15) is 0 Å². The number of nitrogens with two attached hydrogens (primary N) is 1. The first-order chi connectivity index (χ1) is 10.2. The smallest absolute Gasteiger partial charge is 0.224 e. The number of nitrogens with one attached hydrogen (secondary N) is 2. The molecule has 1 amide bonds. The van der Waals surface area contributed by atoms with Crippen molar-refractivity contribution in [3.05, 3.63) is 42.1 Å². The lowest BCUT2D eigenvalue weighted by molar-refractivity contribution is -0.125. The van der Waals surface area contributed by atoms with Gasteiger partial charge >= 0.3 is 0 Å². The number of hydrogen-bond donors (Lipinski definition) is 3. The molecule has 110 valence electrons. The Kier molecular flexibility index (Phi) is 4.01. The molecule has 2 unspecified atom stereocenters. The van der Waals surface area contributed by atoms with E-state index >= 15 is 0 Å². The normalized spacial score (nSPS) is 21.4. The van der Waals surface area contributed by atoms with Gasteiger partial charge in [-0.25, -0.2) is 0 Å². The van der Waals surface area contributed by atoms with Crippen molar-refractivity contribution in [3.8, 4) is 11.3 Å². The molecule has 0 radical (unpaired) electrons. The Morgan fingerprint density at radius 3 is 2.71 bits per heavy atom. The molecule has 5 heteroatoms. The van der Waals surface area contributed by atoms with Crippen molar-refractivity contribution < 1.29 is 4.79 Å². The summed E-state index contributed by atoms with van der Waals surface area (Å²) in [5.41, 5.74) is 9.11. The molecule has 1 aliphatic rings. The number of benzene rings is 1. The lowest BCUT2D eigenvalue weighted by Gasteiger charge is -2.15. The third-order valence-corrected chi connectivity index (χ3v) is 4.14. The quantitative estimate of drug-likeness (QED) is 0.800. The van der Waals surface area contributed by atoms with Gasteiger partial charge in [0.2, 0.25) is 5.91 Å². The Hall–Kier alpha value is -2.14. The van der Waals surface area contributed by atoms with Crippen LogP contribution in [0.15, 0.2) is 36.5 Å². The average Bonchev–Trinajstić information content (AvgIpc) is 3.16. The van der Waals surface area contributed by atoms with Crippen molar-refractivity contribution in [2.75, 3.05) is 0 Å². The molecule has 21 heavy (non-hydrogen) atoms. The minimum absolute atomic E-state index is 0.0192. The summed E-state index contributed by atoms with van der Waals surface area (Å²) in [4.78, 5) is 12.1. The second-order valence-corrected chi connectivity index (χ2v) is 5.59. The van der Waals surface area contributed by atoms with E-state index in [1.54, 1.807) is 6.20 Å². The fourth-order valence-electron chi connectivity index (χ4n) is 2.85. The Labute approximate surface area is 123 Å². The van der Waals surface area contributed by atoms with Gasteiger partial charge in [0.05, 0.1) is 11.6 Å². The predicted molar refractivity (Wildman–Crippen MR) is 81.2 cm³/mol. The molecule has 0 spiro atoms.